The van der Waals surface area contributed by atoms with E-state index in [1.165, 1.54) is 0 Å². The number of carbonyl (C=O) groups is 4. The highest BCUT2D eigenvalue weighted by Gasteiger charge is 2.29. The predicted molar refractivity (Wildman–Crippen MR) is 222 cm³/mol. The summed E-state index contributed by atoms with van der Waals surface area (Å²) < 4.78 is 0. The topological polar surface area (TPSA) is 230 Å². The van der Waals surface area contributed by atoms with Gasteiger partial charge in [0.2, 0.25) is 0 Å². The van der Waals surface area contributed by atoms with Crippen molar-refractivity contribution in [3.8, 4) is 0 Å². The van der Waals surface area contributed by atoms with E-state index >= 15 is 0 Å². The molecule has 0 saturated carbocycles. The van der Waals surface area contributed by atoms with Crippen molar-refractivity contribution >= 4 is 23.9 Å². The number of hydrogen-bond donors (Lipinski definition) is 8. The maximum Gasteiger partial charge on any atom is 0.335 e. The first kappa shape index (κ1) is 53.7. The zero-order valence-corrected chi connectivity index (χ0v) is 33.8. The van der Waals surface area contributed by atoms with Gasteiger partial charge in [0.1, 0.15) is 0 Å². The summed E-state index contributed by atoms with van der Waals surface area (Å²) in [6.45, 7) is 11.8. The van der Waals surface area contributed by atoms with Crippen LogP contribution in [0.5, 0.6) is 0 Å². The third kappa shape index (κ3) is 26.2. The summed E-state index contributed by atoms with van der Waals surface area (Å²) in [4.78, 5) is 40.8. The van der Waals surface area contributed by atoms with Gasteiger partial charge in [0.25, 0.3) is 0 Å². The molecule has 3 unspecified atom stereocenters. The maximum absolute atomic E-state index is 10.2. The van der Waals surface area contributed by atoms with Crippen molar-refractivity contribution in [3.05, 3.63) is 144 Å². The predicted octanol–water partition coefficient (Wildman–Crippen LogP) is 8.12. The molecule has 0 aliphatic rings. The molecule has 4 rings (SSSR count). The number of hydrogen-bond acceptors (Lipinski definition) is 8. The third-order valence-corrected chi connectivity index (χ3v) is 8.05. The maximum atomic E-state index is 10.2. The number of aliphatic hydroxyl groups excluding tert-OH is 4. The molecular formula is C45H62O12. The number of rotatable bonds is 13. The zero-order valence-electron chi connectivity index (χ0n) is 33.8. The molecule has 12 heteroatoms. The van der Waals surface area contributed by atoms with E-state index < -0.39 is 30.0 Å². The van der Waals surface area contributed by atoms with Crippen molar-refractivity contribution in [1.29, 1.82) is 0 Å². The van der Waals surface area contributed by atoms with Gasteiger partial charge in [0.15, 0.2) is 0 Å². The molecule has 0 aromatic heterocycles. The molecule has 0 fully saturated rings. The minimum atomic E-state index is -0.879. The molecule has 8 N–H and O–H groups in total. The lowest BCUT2D eigenvalue weighted by Crippen LogP contribution is -2.36. The Morgan fingerprint density at radius 1 is 0.544 bits per heavy atom. The summed E-state index contributed by atoms with van der Waals surface area (Å²) in [6, 6.07) is 33.2. The molecule has 0 aliphatic heterocycles. The smallest absolute Gasteiger partial charge is 0.335 e. The molecule has 4 aromatic rings. The lowest BCUT2D eigenvalue weighted by Gasteiger charge is -2.30. The zero-order chi connectivity index (χ0) is 43.8. The van der Waals surface area contributed by atoms with Crippen molar-refractivity contribution < 1.29 is 60.0 Å². The molecule has 314 valence electrons. The normalized spacial score (nSPS) is 11.6. The average Bonchev–Trinajstić information content (AvgIpc) is 3.23. The highest BCUT2D eigenvalue weighted by molar-refractivity contribution is 5.88. The summed E-state index contributed by atoms with van der Waals surface area (Å²) in [5.74, 6) is -3.21. The van der Waals surface area contributed by atoms with Crippen molar-refractivity contribution in [2.75, 3.05) is 13.2 Å². The van der Waals surface area contributed by atoms with Crippen LogP contribution in [0.2, 0.25) is 0 Å². The second-order valence-electron chi connectivity index (χ2n) is 13.6. The Morgan fingerprint density at radius 2 is 0.825 bits per heavy atom. The first-order valence-electron chi connectivity index (χ1n) is 18.6. The summed E-state index contributed by atoms with van der Waals surface area (Å²) in [6.07, 6.45) is 3.19. The minimum absolute atomic E-state index is 0.0341. The monoisotopic (exact) mass is 794 g/mol. The van der Waals surface area contributed by atoms with Crippen LogP contribution in [0, 0.1) is 17.3 Å². The van der Waals surface area contributed by atoms with E-state index in [0.717, 1.165) is 25.7 Å². The van der Waals surface area contributed by atoms with E-state index in [1.54, 1.807) is 121 Å². The van der Waals surface area contributed by atoms with Crippen molar-refractivity contribution in [2.24, 2.45) is 17.3 Å². The molecule has 0 saturated heterocycles. The molecule has 57 heavy (non-hydrogen) atoms. The molecule has 0 amide bonds. The summed E-state index contributed by atoms with van der Waals surface area (Å²) in [5.41, 5.74) is 0.957. The SMILES string of the molecule is CC(C)C(O)C(C)(C)CO.CCCCC(CO)C(O)CC.O=C(O)c1ccccc1.O=C(O)c1ccccc1.O=C(O)c1ccccc1.O=C(O)c1ccccc1. The fraction of sp³-hybridized carbons (Fsp3) is 0.378. The number of unbranched alkanes of at least 4 members (excludes halogenated alkanes) is 1. The number of aliphatic hydroxyl groups is 4. The van der Waals surface area contributed by atoms with Crippen LogP contribution >= 0.6 is 0 Å². The second kappa shape index (κ2) is 31.8. The van der Waals surface area contributed by atoms with Crippen LogP contribution in [0.25, 0.3) is 0 Å². The van der Waals surface area contributed by atoms with Gasteiger partial charge < -0.3 is 40.9 Å². The Morgan fingerprint density at radius 3 is 0.965 bits per heavy atom. The highest BCUT2D eigenvalue weighted by Crippen LogP contribution is 2.24. The molecule has 4 aromatic carbocycles. The molecule has 0 radical (unpaired) electrons. The van der Waals surface area contributed by atoms with Gasteiger partial charge in [-0.2, -0.15) is 0 Å². The quantitative estimate of drug-likeness (QED) is 0.0642. The summed E-state index contributed by atoms with van der Waals surface area (Å²) in [7, 11) is 0. The number of carboxylic acid groups (broad SMARTS) is 4. The number of aromatic carboxylic acids is 4. The molecule has 3 atom stereocenters. The first-order chi connectivity index (χ1) is 26.9. The lowest BCUT2D eigenvalue weighted by molar-refractivity contribution is -0.0204. The van der Waals surface area contributed by atoms with E-state index in [9.17, 15) is 29.4 Å². The fourth-order valence-corrected chi connectivity index (χ4v) is 4.52. The van der Waals surface area contributed by atoms with Crippen LogP contribution in [0.3, 0.4) is 0 Å². The van der Waals surface area contributed by atoms with Gasteiger partial charge in [0.05, 0.1) is 41.1 Å². The largest absolute Gasteiger partial charge is 0.478 e. The van der Waals surface area contributed by atoms with Crippen molar-refractivity contribution in [1.82, 2.24) is 0 Å². The van der Waals surface area contributed by atoms with Crippen LogP contribution in [0.1, 0.15) is 109 Å². The Kier molecular flexibility index (Phi) is 29.9. The van der Waals surface area contributed by atoms with E-state index in [2.05, 4.69) is 6.92 Å². The van der Waals surface area contributed by atoms with Gasteiger partial charge in [-0.25, -0.2) is 19.2 Å². The van der Waals surface area contributed by atoms with Gasteiger partial charge in [-0.15, -0.1) is 0 Å². The van der Waals surface area contributed by atoms with E-state index in [-0.39, 0.29) is 36.6 Å². The minimum Gasteiger partial charge on any atom is -0.478 e. The summed E-state index contributed by atoms with van der Waals surface area (Å²) >= 11 is 0. The van der Waals surface area contributed by atoms with Gasteiger partial charge in [-0.3, -0.25) is 0 Å². The first-order valence-corrected chi connectivity index (χ1v) is 18.6. The average molecular weight is 795 g/mol. The van der Waals surface area contributed by atoms with Gasteiger partial charge in [-0.05, 0) is 67.3 Å². The molecule has 12 nitrogen and oxygen atoms in total. The number of benzene rings is 4. The van der Waals surface area contributed by atoms with Crippen LogP contribution in [0.4, 0.5) is 0 Å². The second-order valence-corrected chi connectivity index (χ2v) is 13.6. The van der Waals surface area contributed by atoms with E-state index in [0.29, 0.717) is 22.3 Å². The Bertz CT molecular complexity index is 1420. The Balaban J connectivity index is 0. The third-order valence-electron chi connectivity index (χ3n) is 8.05. The molecule has 0 aliphatic carbocycles. The molecule has 0 spiro atoms. The van der Waals surface area contributed by atoms with E-state index in [4.69, 9.17) is 30.6 Å². The van der Waals surface area contributed by atoms with Crippen molar-refractivity contribution in [3.63, 3.8) is 0 Å². The van der Waals surface area contributed by atoms with Crippen LogP contribution in [-0.4, -0.2) is 90.2 Å². The highest BCUT2D eigenvalue weighted by atomic mass is 16.4. The van der Waals surface area contributed by atoms with Crippen LogP contribution < -0.4 is 0 Å². The molecule has 0 bridgehead atoms. The molecular weight excluding hydrogens is 732 g/mol. The standard InChI is InChI=1S/C9H20O2.C8H18O2.4C7H6O2/c1-3-5-6-8(7-10)9(11)4-2;1-6(2)7(10)8(3,4)5-9;4*8-7(9)6-4-2-1-3-5-6/h8-11H,3-7H2,1-2H3;6-7,9-10H,5H2,1-4H3;4*1-5H,(H,8,9). The lowest BCUT2D eigenvalue weighted by atomic mass is 9.82. The molecule has 0 heterocycles. The van der Waals surface area contributed by atoms with Gasteiger partial charge >= 0.3 is 23.9 Å². The van der Waals surface area contributed by atoms with Crippen LogP contribution in [-0.2, 0) is 0 Å². The van der Waals surface area contributed by atoms with Gasteiger partial charge in [0, 0.05) is 17.9 Å². The Labute approximate surface area is 336 Å². The van der Waals surface area contributed by atoms with Crippen LogP contribution in [0.15, 0.2) is 121 Å². The fourth-order valence-electron chi connectivity index (χ4n) is 4.52. The van der Waals surface area contributed by atoms with Crippen molar-refractivity contribution in [2.45, 2.75) is 79.4 Å². The number of carboxylic acids is 4. The van der Waals surface area contributed by atoms with E-state index in [1.807, 2.05) is 34.6 Å². The Hall–Kier alpha value is -5.40. The summed E-state index contributed by atoms with van der Waals surface area (Å²) in [5, 5.41) is 70.2. The van der Waals surface area contributed by atoms with Gasteiger partial charge in [-0.1, -0.05) is 127 Å².